The number of rotatable bonds is 6. The minimum atomic E-state index is -0.543. The maximum Gasteiger partial charge on any atom is 0.289 e. The molecule has 1 heterocycles. The normalized spacial score (nSPS) is 10.1. The minimum Gasteiger partial charge on any atom is -0.385 e. The largest absolute Gasteiger partial charge is 0.385 e. The van der Waals surface area contributed by atoms with Gasteiger partial charge in [-0.05, 0) is 37.5 Å². The molecular weight excluding hydrogens is 270 g/mol. The number of aromatic amines is 1. The fraction of sp³-hybridized carbons (Fsp3) is 0.286. The number of H-pyrrole nitrogens is 1. The van der Waals surface area contributed by atoms with E-state index in [1.54, 1.807) is 6.07 Å². The smallest absolute Gasteiger partial charge is 0.289 e. The summed E-state index contributed by atoms with van der Waals surface area (Å²) in [5.41, 5.74) is 2.77. The van der Waals surface area contributed by atoms with Crippen LogP contribution in [0.1, 0.15) is 23.2 Å². The molecule has 0 spiro atoms. The Morgan fingerprint density at radius 2 is 2.33 bits per heavy atom. The van der Waals surface area contributed by atoms with E-state index in [1.165, 1.54) is 17.7 Å². The van der Waals surface area contributed by atoms with Crippen molar-refractivity contribution in [2.24, 2.45) is 0 Å². The number of nitro benzene ring substituents is 1. The summed E-state index contributed by atoms with van der Waals surface area (Å²) < 4.78 is 0. The van der Waals surface area contributed by atoms with E-state index >= 15 is 0 Å². The summed E-state index contributed by atoms with van der Waals surface area (Å²) in [7, 11) is 0. The van der Waals surface area contributed by atoms with Gasteiger partial charge in [-0.15, -0.1) is 0 Å². The maximum absolute atomic E-state index is 10.9. The van der Waals surface area contributed by atoms with Crippen molar-refractivity contribution in [1.82, 2.24) is 10.2 Å². The first kappa shape index (κ1) is 14.5. The van der Waals surface area contributed by atoms with Crippen LogP contribution in [0.4, 0.5) is 11.4 Å². The van der Waals surface area contributed by atoms with E-state index < -0.39 is 4.92 Å². The molecule has 0 saturated carbocycles. The van der Waals surface area contributed by atoms with E-state index in [1.807, 2.05) is 19.2 Å². The SMILES string of the molecule is Cc1[nH]ncc1CCCNc1ccc(C#N)c([N+](=O)[O-])c1. The Morgan fingerprint density at radius 1 is 1.52 bits per heavy atom. The lowest BCUT2D eigenvalue weighted by molar-refractivity contribution is -0.385. The molecule has 0 radical (unpaired) electrons. The van der Waals surface area contributed by atoms with E-state index in [4.69, 9.17) is 5.26 Å². The zero-order valence-electron chi connectivity index (χ0n) is 11.6. The van der Waals surface area contributed by atoms with Gasteiger partial charge in [0, 0.05) is 24.0 Å². The van der Waals surface area contributed by atoms with Gasteiger partial charge < -0.3 is 5.32 Å². The number of anilines is 1. The molecule has 2 aromatic rings. The molecule has 0 aliphatic carbocycles. The second-order valence-electron chi connectivity index (χ2n) is 4.65. The Hall–Kier alpha value is -2.88. The number of nitro groups is 1. The average Bonchev–Trinajstić information content (AvgIpc) is 2.88. The van der Waals surface area contributed by atoms with E-state index in [2.05, 4.69) is 15.5 Å². The lowest BCUT2D eigenvalue weighted by Gasteiger charge is -2.06. The van der Waals surface area contributed by atoms with Crippen molar-refractivity contribution in [1.29, 1.82) is 5.26 Å². The molecule has 2 rings (SSSR count). The molecule has 2 N–H and O–H groups in total. The van der Waals surface area contributed by atoms with Crippen LogP contribution in [0.5, 0.6) is 0 Å². The van der Waals surface area contributed by atoms with Gasteiger partial charge in [0.1, 0.15) is 11.6 Å². The fourth-order valence-corrected chi connectivity index (χ4v) is 2.03. The first-order chi connectivity index (χ1) is 10.1. The Kier molecular flexibility index (Phi) is 4.51. The number of nitriles is 1. The molecule has 0 atom stereocenters. The lowest BCUT2D eigenvalue weighted by Crippen LogP contribution is -2.04. The summed E-state index contributed by atoms with van der Waals surface area (Å²) in [6.45, 7) is 2.66. The lowest BCUT2D eigenvalue weighted by atomic mass is 10.1. The first-order valence-corrected chi connectivity index (χ1v) is 6.53. The van der Waals surface area contributed by atoms with Crippen molar-refractivity contribution in [2.45, 2.75) is 19.8 Å². The van der Waals surface area contributed by atoms with Gasteiger partial charge in [-0.25, -0.2) is 0 Å². The third kappa shape index (κ3) is 3.57. The molecule has 0 aliphatic rings. The molecule has 0 aliphatic heterocycles. The molecule has 0 unspecified atom stereocenters. The molecule has 108 valence electrons. The third-order valence-corrected chi connectivity index (χ3v) is 3.20. The van der Waals surface area contributed by atoms with Crippen molar-refractivity contribution in [3.05, 3.63) is 51.3 Å². The highest BCUT2D eigenvalue weighted by Gasteiger charge is 2.13. The molecule has 0 fully saturated rings. The predicted octanol–water partition coefficient (Wildman–Crippen LogP) is 2.54. The molecule has 7 heteroatoms. The van der Waals surface area contributed by atoms with E-state index in [-0.39, 0.29) is 11.3 Å². The van der Waals surface area contributed by atoms with Crippen molar-refractivity contribution >= 4 is 11.4 Å². The van der Waals surface area contributed by atoms with Crippen molar-refractivity contribution in [3.63, 3.8) is 0 Å². The number of hydrogen-bond donors (Lipinski definition) is 2. The summed E-state index contributed by atoms with van der Waals surface area (Å²) in [6, 6.07) is 6.34. The van der Waals surface area contributed by atoms with E-state index in [0.29, 0.717) is 12.2 Å². The highest BCUT2D eigenvalue weighted by molar-refractivity contribution is 5.59. The topological polar surface area (TPSA) is 108 Å². The predicted molar refractivity (Wildman–Crippen MR) is 77.9 cm³/mol. The van der Waals surface area contributed by atoms with Crippen LogP contribution in [0, 0.1) is 28.4 Å². The van der Waals surface area contributed by atoms with Gasteiger partial charge in [0.25, 0.3) is 5.69 Å². The Bertz CT molecular complexity index is 687. The van der Waals surface area contributed by atoms with Crippen LogP contribution < -0.4 is 5.32 Å². The molecule has 1 aromatic carbocycles. The monoisotopic (exact) mass is 285 g/mol. The summed E-state index contributed by atoms with van der Waals surface area (Å²) in [6.07, 6.45) is 3.57. The van der Waals surface area contributed by atoms with Crippen LogP contribution in [0.3, 0.4) is 0 Å². The number of aromatic nitrogens is 2. The van der Waals surface area contributed by atoms with Gasteiger partial charge in [-0.3, -0.25) is 15.2 Å². The van der Waals surface area contributed by atoms with Gasteiger partial charge in [0.05, 0.1) is 11.1 Å². The molecule has 7 nitrogen and oxygen atoms in total. The zero-order chi connectivity index (χ0) is 15.2. The minimum absolute atomic E-state index is 0.0690. The molecule has 21 heavy (non-hydrogen) atoms. The molecule has 0 saturated heterocycles. The standard InChI is InChI=1S/C14H15N5O2/c1-10-12(9-17-18-10)3-2-6-16-13-5-4-11(8-15)14(7-13)19(20)21/h4-5,7,9,16H,2-3,6H2,1H3,(H,17,18). The van der Waals surface area contributed by atoms with Crippen molar-refractivity contribution in [2.75, 3.05) is 11.9 Å². The maximum atomic E-state index is 10.9. The molecule has 1 aromatic heterocycles. The van der Waals surface area contributed by atoms with Crippen LogP contribution >= 0.6 is 0 Å². The molecule has 0 amide bonds. The zero-order valence-corrected chi connectivity index (χ0v) is 11.6. The van der Waals surface area contributed by atoms with E-state index in [0.717, 1.165) is 18.5 Å². The number of nitrogens with zero attached hydrogens (tertiary/aromatic N) is 3. The van der Waals surface area contributed by atoms with Gasteiger partial charge in [-0.1, -0.05) is 0 Å². The van der Waals surface area contributed by atoms with Crippen LogP contribution in [-0.2, 0) is 6.42 Å². The van der Waals surface area contributed by atoms with Crippen LogP contribution in [0.15, 0.2) is 24.4 Å². The second-order valence-corrected chi connectivity index (χ2v) is 4.65. The highest BCUT2D eigenvalue weighted by Crippen LogP contribution is 2.22. The van der Waals surface area contributed by atoms with Gasteiger partial charge in [0.15, 0.2) is 0 Å². The summed E-state index contributed by atoms with van der Waals surface area (Å²) in [5, 5.41) is 29.7. The Morgan fingerprint density at radius 3 is 2.95 bits per heavy atom. The van der Waals surface area contributed by atoms with Crippen molar-refractivity contribution < 1.29 is 4.92 Å². The Labute approximate surface area is 121 Å². The van der Waals surface area contributed by atoms with Gasteiger partial charge in [0.2, 0.25) is 0 Å². The Balaban J connectivity index is 1.92. The van der Waals surface area contributed by atoms with E-state index in [9.17, 15) is 10.1 Å². The quantitative estimate of drug-likeness (QED) is 0.481. The van der Waals surface area contributed by atoms with Crippen LogP contribution in [0.2, 0.25) is 0 Å². The number of nitrogens with one attached hydrogen (secondary N) is 2. The molecule has 0 bridgehead atoms. The first-order valence-electron chi connectivity index (χ1n) is 6.53. The van der Waals surface area contributed by atoms with Crippen LogP contribution in [-0.4, -0.2) is 21.7 Å². The average molecular weight is 285 g/mol. The second kappa shape index (κ2) is 6.52. The highest BCUT2D eigenvalue weighted by atomic mass is 16.6. The van der Waals surface area contributed by atoms with Crippen molar-refractivity contribution in [3.8, 4) is 6.07 Å². The van der Waals surface area contributed by atoms with Gasteiger partial charge in [-0.2, -0.15) is 10.4 Å². The summed E-state index contributed by atoms with van der Waals surface area (Å²) in [4.78, 5) is 10.3. The number of aryl methyl sites for hydroxylation is 2. The molecular formula is C14H15N5O2. The third-order valence-electron chi connectivity index (χ3n) is 3.20. The van der Waals surface area contributed by atoms with Crippen LogP contribution in [0.25, 0.3) is 0 Å². The number of benzene rings is 1. The fourth-order valence-electron chi connectivity index (χ4n) is 2.03. The van der Waals surface area contributed by atoms with Gasteiger partial charge >= 0.3 is 0 Å². The summed E-state index contributed by atoms with van der Waals surface area (Å²) in [5.74, 6) is 0. The number of hydrogen-bond acceptors (Lipinski definition) is 5. The summed E-state index contributed by atoms with van der Waals surface area (Å²) >= 11 is 0.